The van der Waals surface area contributed by atoms with Gasteiger partial charge in [0.1, 0.15) is 13.2 Å². The van der Waals surface area contributed by atoms with Crippen LogP contribution in [0.1, 0.15) is 29.5 Å². The number of aryl methyl sites for hydroxylation is 1. The van der Waals surface area contributed by atoms with E-state index in [1.54, 1.807) is 16.2 Å². The van der Waals surface area contributed by atoms with Crippen molar-refractivity contribution in [1.29, 1.82) is 0 Å². The second kappa shape index (κ2) is 6.74. The topological polar surface area (TPSA) is 42.4 Å². The molecule has 0 aromatic carbocycles. The molecule has 0 spiro atoms. The summed E-state index contributed by atoms with van der Waals surface area (Å²) in [4.78, 5) is 17.9. The summed E-state index contributed by atoms with van der Waals surface area (Å²) >= 11 is 1.56. The van der Waals surface area contributed by atoms with Crippen LogP contribution in [0.15, 0.2) is 5.38 Å². The maximum atomic E-state index is 12.0. The van der Waals surface area contributed by atoms with Crippen LogP contribution in [0, 0.1) is 6.92 Å². The number of hydrogen-bond acceptors (Lipinski definition) is 4. The minimum atomic E-state index is -4.40. The number of rotatable bonds is 4. The van der Waals surface area contributed by atoms with Gasteiger partial charge in [0.25, 0.3) is 0 Å². The van der Waals surface area contributed by atoms with Gasteiger partial charge in [-0.05, 0) is 19.8 Å². The Bertz CT molecular complexity index is 490. The number of piperidine rings is 1. The molecular weight excluding hydrogens is 305 g/mol. The summed E-state index contributed by atoms with van der Waals surface area (Å²) in [6.45, 7) is 1.07. The van der Waals surface area contributed by atoms with Gasteiger partial charge in [0, 0.05) is 30.1 Å². The van der Waals surface area contributed by atoms with Crippen LogP contribution in [0.5, 0.6) is 0 Å². The van der Waals surface area contributed by atoms with Crippen molar-refractivity contribution < 1.29 is 22.7 Å². The Labute approximate surface area is 124 Å². The number of hydrogen-bond donors (Lipinski definition) is 0. The van der Waals surface area contributed by atoms with Gasteiger partial charge in [0.05, 0.1) is 5.01 Å². The molecule has 1 aliphatic rings. The molecule has 1 saturated heterocycles. The summed E-state index contributed by atoms with van der Waals surface area (Å²) in [5.74, 6) is -0.221. The third kappa shape index (κ3) is 4.96. The molecule has 0 N–H and O–H groups in total. The largest absolute Gasteiger partial charge is 0.411 e. The first-order valence-corrected chi connectivity index (χ1v) is 7.57. The summed E-state index contributed by atoms with van der Waals surface area (Å²) in [7, 11) is 0. The molecule has 1 aromatic heterocycles. The fourth-order valence-corrected chi connectivity index (χ4v) is 3.24. The molecule has 1 atom stereocenters. The number of halogens is 3. The van der Waals surface area contributed by atoms with Crippen LogP contribution in [0.3, 0.4) is 0 Å². The van der Waals surface area contributed by atoms with Crippen molar-refractivity contribution in [3.63, 3.8) is 0 Å². The Morgan fingerprint density at radius 1 is 1.57 bits per heavy atom. The number of thiazole rings is 1. The number of likely N-dealkylation sites (tertiary alicyclic amines) is 1. The lowest BCUT2D eigenvalue weighted by molar-refractivity contribution is -0.178. The lowest BCUT2D eigenvalue weighted by Gasteiger charge is -2.31. The molecule has 0 radical (unpaired) electrons. The Morgan fingerprint density at radius 2 is 2.33 bits per heavy atom. The van der Waals surface area contributed by atoms with Crippen LogP contribution in [-0.2, 0) is 9.53 Å². The highest BCUT2D eigenvalue weighted by Gasteiger charge is 2.30. The molecule has 2 rings (SSSR count). The fourth-order valence-electron chi connectivity index (χ4n) is 2.31. The van der Waals surface area contributed by atoms with Crippen molar-refractivity contribution in [3.05, 3.63) is 16.1 Å². The molecule has 2 heterocycles. The van der Waals surface area contributed by atoms with Crippen molar-refractivity contribution in [2.24, 2.45) is 0 Å². The number of carbonyl (C=O) groups excluding carboxylic acids is 1. The molecule has 0 saturated carbocycles. The molecule has 1 aromatic rings. The molecule has 1 fully saturated rings. The molecular formula is C13H17F3N2O2S. The molecule has 8 heteroatoms. The first-order chi connectivity index (χ1) is 9.85. The van der Waals surface area contributed by atoms with E-state index in [2.05, 4.69) is 9.72 Å². The summed E-state index contributed by atoms with van der Waals surface area (Å²) in [5.41, 5.74) is 0.951. The van der Waals surface area contributed by atoms with Crippen molar-refractivity contribution in [1.82, 2.24) is 9.88 Å². The summed E-state index contributed by atoms with van der Waals surface area (Å²) in [6.07, 6.45) is -2.63. The van der Waals surface area contributed by atoms with Crippen molar-refractivity contribution >= 4 is 17.2 Å². The number of amides is 1. The van der Waals surface area contributed by atoms with Crippen LogP contribution in [0.4, 0.5) is 13.2 Å². The van der Waals surface area contributed by atoms with Crippen LogP contribution >= 0.6 is 11.3 Å². The van der Waals surface area contributed by atoms with Crippen LogP contribution in [-0.4, -0.2) is 48.3 Å². The molecule has 0 unspecified atom stereocenters. The van der Waals surface area contributed by atoms with Gasteiger partial charge < -0.3 is 9.64 Å². The lowest BCUT2D eigenvalue weighted by atomic mass is 9.99. The zero-order chi connectivity index (χ0) is 15.5. The molecule has 0 aliphatic carbocycles. The Hall–Kier alpha value is -1.15. The number of carbonyl (C=O) groups is 1. The number of alkyl halides is 3. The normalized spacial score (nSPS) is 19.8. The van der Waals surface area contributed by atoms with E-state index >= 15 is 0 Å². The van der Waals surface area contributed by atoms with Crippen molar-refractivity contribution in [2.45, 2.75) is 31.9 Å². The predicted molar refractivity (Wildman–Crippen MR) is 72.3 cm³/mol. The summed E-state index contributed by atoms with van der Waals surface area (Å²) in [5, 5.41) is 2.95. The summed E-state index contributed by atoms with van der Waals surface area (Å²) < 4.78 is 40.4. The minimum Gasteiger partial charge on any atom is -0.362 e. The van der Waals surface area contributed by atoms with E-state index in [0.29, 0.717) is 13.1 Å². The lowest BCUT2D eigenvalue weighted by Crippen LogP contribution is -2.41. The zero-order valence-electron chi connectivity index (χ0n) is 11.7. The van der Waals surface area contributed by atoms with Crippen molar-refractivity contribution in [2.75, 3.05) is 26.3 Å². The van der Waals surface area contributed by atoms with E-state index in [-0.39, 0.29) is 5.92 Å². The quantitative estimate of drug-likeness (QED) is 0.856. The first-order valence-electron chi connectivity index (χ1n) is 6.69. The Kier molecular flexibility index (Phi) is 5.21. The van der Waals surface area contributed by atoms with Gasteiger partial charge in [-0.1, -0.05) is 0 Å². The van der Waals surface area contributed by atoms with Gasteiger partial charge >= 0.3 is 6.18 Å². The zero-order valence-corrected chi connectivity index (χ0v) is 12.5. The number of nitrogens with zero attached hydrogens (tertiary/aromatic N) is 2. The fraction of sp³-hybridized carbons (Fsp3) is 0.692. The first kappa shape index (κ1) is 16.2. The molecule has 0 bridgehead atoms. The third-order valence-electron chi connectivity index (χ3n) is 3.25. The van der Waals surface area contributed by atoms with Crippen LogP contribution in [0.25, 0.3) is 0 Å². The third-order valence-corrected chi connectivity index (χ3v) is 4.38. The van der Waals surface area contributed by atoms with Gasteiger partial charge in [-0.25, -0.2) is 4.98 Å². The maximum Gasteiger partial charge on any atom is 0.411 e. The maximum absolute atomic E-state index is 12.0. The number of aromatic nitrogens is 1. The molecule has 1 aliphatic heterocycles. The van der Waals surface area contributed by atoms with E-state index in [1.807, 2.05) is 12.3 Å². The highest BCUT2D eigenvalue weighted by Crippen LogP contribution is 2.29. The van der Waals surface area contributed by atoms with Gasteiger partial charge in [-0.3, -0.25) is 4.79 Å². The molecule has 4 nitrogen and oxygen atoms in total. The standard InChI is InChI=1S/C13H17F3N2O2S/c1-9-7-21-12(17-9)10-3-2-4-18(5-10)11(19)6-20-8-13(14,15)16/h7,10H,2-6,8H2,1H3/t10-/m1/s1. The van der Waals surface area contributed by atoms with Crippen molar-refractivity contribution in [3.8, 4) is 0 Å². The minimum absolute atomic E-state index is 0.170. The van der Waals surface area contributed by atoms with E-state index in [0.717, 1.165) is 23.5 Å². The smallest absolute Gasteiger partial charge is 0.362 e. The van der Waals surface area contributed by atoms with Gasteiger partial charge in [0.15, 0.2) is 0 Å². The monoisotopic (exact) mass is 322 g/mol. The summed E-state index contributed by atoms with van der Waals surface area (Å²) in [6, 6.07) is 0. The van der Waals surface area contributed by atoms with Gasteiger partial charge in [0.2, 0.25) is 5.91 Å². The van der Waals surface area contributed by atoms with Gasteiger partial charge in [-0.2, -0.15) is 13.2 Å². The van der Waals surface area contributed by atoms with E-state index < -0.39 is 25.3 Å². The predicted octanol–water partition coefficient (Wildman–Crippen LogP) is 2.74. The molecule has 118 valence electrons. The van der Waals surface area contributed by atoms with Crippen LogP contribution in [0.2, 0.25) is 0 Å². The Balaban J connectivity index is 1.84. The average molecular weight is 322 g/mol. The van der Waals surface area contributed by atoms with E-state index in [9.17, 15) is 18.0 Å². The molecule has 21 heavy (non-hydrogen) atoms. The highest BCUT2D eigenvalue weighted by molar-refractivity contribution is 7.09. The second-order valence-electron chi connectivity index (χ2n) is 5.11. The number of ether oxygens (including phenoxy) is 1. The van der Waals surface area contributed by atoms with E-state index in [4.69, 9.17) is 0 Å². The van der Waals surface area contributed by atoms with E-state index in [1.165, 1.54) is 0 Å². The Morgan fingerprint density at radius 3 is 2.95 bits per heavy atom. The average Bonchev–Trinajstić information content (AvgIpc) is 2.84. The highest BCUT2D eigenvalue weighted by atomic mass is 32.1. The second-order valence-corrected chi connectivity index (χ2v) is 6.00. The van der Waals surface area contributed by atoms with Gasteiger partial charge in [-0.15, -0.1) is 11.3 Å². The SMILES string of the molecule is Cc1csc([C@@H]2CCCN(C(=O)COCC(F)(F)F)C2)n1. The molecule has 1 amide bonds. The van der Waals surface area contributed by atoms with Crippen LogP contribution < -0.4 is 0 Å².